The first-order chi connectivity index (χ1) is 24.7. The van der Waals surface area contributed by atoms with Gasteiger partial charge in [0.1, 0.15) is 6.04 Å². The van der Waals surface area contributed by atoms with E-state index in [9.17, 15) is 19.2 Å². The van der Waals surface area contributed by atoms with E-state index in [1.54, 1.807) is 38.1 Å². The third-order valence-corrected chi connectivity index (χ3v) is 11.6. The molecule has 0 radical (unpaired) electrons. The van der Waals surface area contributed by atoms with Crippen LogP contribution in [0.5, 0.6) is 0 Å². The van der Waals surface area contributed by atoms with E-state index < -0.39 is 30.2 Å². The van der Waals surface area contributed by atoms with Crippen molar-refractivity contribution in [3.8, 4) is 0 Å². The van der Waals surface area contributed by atoms with Crippen LogP contribution in [0.25, 0.3) is 0 Å². The first-order valence-electron chi connectivity index (χ1n) is 19.4. The number of nitrogens with zero attached hydrogens (tertiary/aromatic N) is 4. The molecule has 2 aliphatic heterocycles. The minimum atomic E-state index is -0.707. The third-order valence-electron chi connectivity index (χ3n) is 11.6. The highest BCUT2D eigenvalue weighted by Crippen LogP contribution is 2.30. The quantitative estimate of drug-likeness (QED) is 0.218. The molecule has 294 valence electrons. The lowest BCUT2D eigenvalue weighted by molar-refractivity contribution is -0.149. The molecule has 1 aromatic rings. The summed E-state index contributed by atoms with van der Waals surface area (Å²) in [5.74, 6) is -1.02. The van der Waals surface area contributed by atoms with Gasteiger partial charge in [-0.3, -0.25) is 24.1 Å². The van der Waals surface area contributed by atoms with Crippen LogP contribution < -0.4 is 11.1 Å². The van der Waals surface area contributed by atoms with Crippen LogP contribution in [0, 0.1) is 17.8 Å². The highest BCUT2D eigenvalue weighted by molar-refractivity contribution is 5.90. The van der Waals surface area contributed by atoms with Crippen molar-refractivity contribution < 1.29 is 28.7 Å². The summed E-state index contributed by atoms with van der Waals surface area (Å²) in [7, 11) is 8.72. The molecule has 12 heteroatoms. The van der Waals surface area contributed by atoms with Crippen molar-refractivity contribution in [3.05, 3.63) is 29.8 Å². The third kappa shape index (κ3) is 10.9. The second-order valence-corrected chi connectivity index (χ2v) is 15.6. The summed E-state index contributed by atoms with van der Waals surface area (Å²) < 4.78 is 12.0. The molecular formula is C40H68N6O6. The molecule has 8 atom stereocenters. The summed E-state index contributed by atoms with van der Waals surface area (Å²) >= 11 is 0. The number of likely N-dealkylation sites (tertiary alicyclic amines) is 2. The van der Waals surface area contributed by atoms with E-state index in [1.165, 1.54) is 0 Å². The number of anilines is 1. The average Bonchev–Trinajstić information content (AvgIpc) is 3.61. The number of nitrogens with two attached hydrogens (primary N) is 1. The molecule has 2 heterocycles. The van der Waals surface area contributed by atoms with Crippen molar-refractivity contribution in [2.45, 2.75) is 122 Å². The van der Waals surface area contributed by atoms with E-state index in [1.807, 2.05) is 57.0 Å². The Bertz CT molecular complexity index is 1330. The zero-order chi connectivity index (χ0) is 38.7. The lowest BCUT2D eigenvalue weighted by Crippen LogP contribution is -2.59. The summed E-state index contributed by atoms with van der Waals surface area (Å²) in [5, 5.41) is 3.08. The van der Waals surface area contributed by atoms with Crippen molar-refractivity contribution in [2.24, 2.45) is 17.8 Å². The standard InChI is InChI=1S/C40H68N6O6/c1-11-27(4)36(45(8)40(50)35(26(2)3)42-38(48)32-18-12-13-21-43(32)6)33(51-9)25-34(47)46-22-15-19-31(46)37(52-10)28(5)39(49)44(7)23-20-29-16-14-17-30(41)24-29/h14,16-17,24,26-28,31-33,35-37H,11-13,15,18-23,25,41H2,1-10H3,(H,42,48)/t27-,28+,31?,32?,33+,35?,36-,37+/m0/s1. The van der Waals surface area contributed by atoms with Crippen molar-refractivity contribution in [2.75, 3.05) is 60.7 Å². The molecule has 3 N–H and O–H groups in total. The number of hydrogen-bond acceptors (Lipinski definition) is 8. The first kappa shape index (κ1) is 43.2. The number of nitrogens with one attached hydrogen (secondary N) is 1. The molecule has 3 unspecified atom stereocenters. The lowest BCUT2D eigenvalue weighted by atomic mass is 9.89. The molecule has 0 spiro atoms. The van der Waals surface area contributed by atoms with Crippen LogP contribution in [0.3, 0.4) is 0 Å². The number of likely N-dealkylation sites (N-methyl/N-ethyl adjacent to an activating group) is 3. The second-order valence-electron chi connectivity index (χ2n) is 15.6. The number of hydrogen-bond donors (Lipinski definition) is 2. The molecule has 0 aromatic heterocycles. The average molecular weight is 729 g/mol. The van der Waals surface area contributed by atoms with E-state index >= 15 is 0 Å². The molecule has 4 amide bonds. The number of rotatable bonds is 18. The van der Waals surface area contributed by atoms with Crippen LogP contribution in [-0.2, 0) is 35.1 Å². The van der Waals surface area contributed by atoms with Crippen molar-refractivity contribution in [1.82, 2.24) is 24.9 Å². The minimum Gasteiger partial charge on any atom is -0.399 e. The van der Waals surface area contributed by atoms with Gasteiger partial charge in [-0.15, -0.1) is 0 Å². The Kier molecular flexibility index (Phi) is 16.9. The number of amides is 4. The van der Waals surface area contributed by atoms with Crippen LogP contribution in [-0.4, -0.2) is 135 Å². The molecule has 0 saturated carbocycles. The van der Waals surface area contributed by atoms with Gasteiger partial charge in [0, 0.05) is 47.1 Å². The van der Waals surface area contributed by atoms with Gasteiger partial charge in [-0.25, -0.2) is 0 Å². The minimum absolute atomic E-state index is 0.0151. The summed E-state index contributed by atoms with van der Waals surface area (Å²) in [5.41, 5.74) is 7.70. The Balaban J connectivity index is 1.73. The predicted octanol–water partition coefficient (Wildman–Crippen LogP) is 3.82. The Morgan fingerprint density at radius 1 is 0.981 bits per heavy atom. The second kappa shape index (κ2) is 20.3. The maximum absolute atomic E-state index is 14.2. The molecule has 0 aliphatic carbocycles. The number of benzene rings is 1. The van der Waals surface area contributed by atoms with Crippen LogP contribution in [0.2, 0.25) is 0 Å². The summed E-state index contributed by atoms with van der Waals surface area (Å²) in [6.07, 6.45) is 4.82. The summed E-state index contributed by atoms with van der Waals surface area (Å²) in [6.45, 7) is 11.9. The topological polar surface area (TPSA) is 138 Å². The fraction of sp³-hybridized carbons (Fsp3) is 0.750. The van der Waals surface area contributed by atoms with Crippen molar-refractivity contribution in [3.63, 3.8) is 0 Å². The molecule has 2 fully saturated rings. The SMILES string of the molecule is CC[C@H](C)[C@@H]([C@@H](CC(=O)N1CCCC1[C@H](OC)[C@@H](C)C(=O)N(C)CCc1cccc(N)c1)OC)N(C)C(=O)C(NC(=O)C1CCCCN1C)C(C)C. The van der Waals surface area contributed by atoms with Gasteiger partial charge in [0.05, 0.1) is 42.7 Å². The molecular weight excluding hydrogens is 660 g/mol. The van der Waals surface area contributed by atoms with Crippen molar-refractivity contribution in [1.29, 1.82) is 0 Å². The van der Waals surface area contributed by atoms with Gasteiger partial charge in [0.25, 0.3) is 0 Å². The molecule has 52 heavy (non-hydrogen) atoms. The van der Waals surface area contributed by atoms with E-state index in [4.69, 9.17) is 15.2 Å². The lowest BCUT2D eigenvalue weighted by Gasteiger charge is -2.41. The van der Waals surface area contributed by atoms with E-state index in [0.29, 0.717) is 25.2 Å². The maximum atomic E-state index is 14.2. The van der Waals surface area contributed by atoms with Crippen LogP contribution >= 0.6 is 0 Å². The molecule has 12 nitrogen and oxygen atoms in total. The largest absolute Gasteiger partial charge is 0.399 e. The van der Waals surface area contributed by atoms with E-state index in [0.717, 1.165) is 50.6 Å². The summed E-state index contributed by atoms with van der Waals surface area (Å²) in [4.78, 5) is 62.8. The highest BCUT2D eigenvalue weighted by Gasteiger charge is 2.43. The summed E-state index contributed by atoms with van der Waals surface area (Å²) in [6, 6.07) is 6.05. The van der Waals surface area contributed by atoms with Crippen molar-refractivity contribution >= 4 is 29.3 Å². The van der Waals surface area contributed by atoms with Crippen LogP contribution in [0.4, 0.5) is 5.69 Å². The smallest absolute Gasteiger partial charge is 0.245 e. The molecule has 2 aliphatic rings. The Labute approximate surface area is 313 Å². The number of ether oxygens (including phenoxy) is 2. The maximum Gasteiger partial charge on any atom is 0.245 e. The van der Waals surface area contributed by atoms with Gasteiger partial charge in [-0.1, -0.05) is 59.6 Å². The van der Waals surface area contributed by atoms with E-state index in [-0.39, 0.29) is 54.0 Å². The Morgan fingerprint density at radius 2 is 1.69 bits per heavy atom. The van der Waals surface area contributed by atoms with Gasteiger partial charge in [-0.05, 0) is 75.2 Å². The molecule has 1 aromatic carbocycles. The molecule has 3 rings (SSSR count). The van der Waals surface area contributed by atoms with Gasteiger partial charge in [0.2, 0.25) is 23.6 Å². The highest BCUT2D eigenvalue weighted by atomic mass is 16.5. The number of piperidine rings is 1. The normalized spacial score (nSPS) is 21.6. The zero-order valence-electron chi connectivity index (χ0n) is 33.6. The Morgan fingerprint density at radius 3 is 2.29 bits per heavy atom. The monoisotopic (exact) mass is 729 g/mol. The fourth-order valence-corrected chi connectivity index (χ4v) is 8.19. The van der Waals surface area contributed by atoms with Gasteiger partial charge < -0.3 is 35.2 Å². The Hall–Kier alpha value is -3.22. The van der Waals surface area contributed by atoms with Gasteiger partial charge in [-0.2, -0.15) is 0 Å². The van der Waals surface area contributed by atoms with Gasteiger partial charge in [0.15, 0.2) is 0 Å². The van der Waals surface area contributed by atoms with E-state index in [2.05, 4.69) is 24.1 Å². The predicted molar refractivity (Wildman–Crippen MR) is 205 cm³/mol. The number of methoxy groups -OCH3 is 2. The number of carbonyl (C=O) groups excluding carboxylic acids is 4. The molecule has 0 bridgehead atoms. The molecule has 2 saturated heterocycles. The first-order valence-corrected chi connectivity index (χ1v) is 19.4. The number of carbonyl (C=O) groups is 4. The zero-order valence-corrected chi connectivity index (χ0v) is 33.6. The van der Waals surface area contributed by atoms with Crippen LogP contribution in [0.15, 0.2) is 24.3 Å². The fourth-order valence-electron chi connectivity index (χ4n) is 8.19. The van der Waals surface area contributed by atoms with Gasteiger partial charge >= 0.3 is 0 Å². The van der Waals surface area contributed by atoms with Crippen LogP contribution in [0.1, 0.15) is 85.1 Å². The number of nitrogen functional groups attached to an aromatic ring is 1.